The molecule has 0 aromatic heterocycles. The summed E-state index contributed by atoms with van der Waals surface area (Å²) in [5.74, 6) is 0.756. The minimum atomic E-state index is -0.654. The van der Waals surface area contributed by atoms with E-state index in [1.54, 1.807) is 11.9 Å². The van der Waals surface area contributed by atoms with E-state index < -0.39 is 13.2 Å². The van der Waals surface area contributed by atoms with Gasteiger partial charge in [-0.2, -0.15) is 0 Å². The Morgan fingerprint density at radius 3 is 2.32 bits per heavy atom. The van der Waals surface area contributed by atoms with Crippen LogP contribution in [0.15, 0.2) is 24.3 Å². The third-order valence-corrected chi connectivity index (χ3v) is 5.85. The predicted molar refractivity (Wildman–Crippen MR) is 108 cm³/mol. The number of aliphatic hydroxyl groups excluding tert-OH is 1. The number of likely N-dealkylation sites (N-methyl/N-ethyl adjacent to an activating group) is 1. The van der Waals surface area contributed by atoms with Gasteiger partial charge < -0.3 is 24.1 Å². The van der Waals surface area contributed by atoms with Crippen molar-refractivity contribution in [2.24, 2.45) is 0 Å². The lowest BCUT2D eigenvalue weighted by Gasteiger charge is -2.32. The summed E-state index contributed by atoms with van der Waals surface area (Å²) < 4.78 is 17.8. The molecule has 154 valence electrons. The second kappa shape index (κ2) is 8.03. The molecule has 2 heterocycles. The van der Waals surface area contributed by atoms with Crippen molar-refractivity contribution in [2.75, 3.05) is 39.8 Å². The fourth-order valence-corrected chi connectivity index (χ4v) is 3.21. The SMILES string of the molecule is CN1CCN(CC(O)COc2ccc(B3OC(C)(C)C(C)(C)O3)cc2)CC1=O. The first-order valence-corrected chi connectivity index (χ1v) is 9.80. The number of hydrogen-bond donors (Lipinski definition) is 1. The van der Waals surface area contributed by atoms with E-state index >= 15 is 0 Å². The number of hydrogen-bond acceptors (Lipinski definition) is 6. The minimum Gasteiger partial charge on any atom is -0.491 e. The number of amides is 1. The van der Waals surface area contributed by atoms with E-state index in [-0.39, 0.29) is 23.7 Å². The van der Waals surface area contributed by atoms with Gasteiger partial charge in [0.15, 0.2) is 0 Å². The lowest BCUT2D eigenvalue weighted by molar-refractivity contribution is -0.135. The van der Waals surface area contributed by atoms with Crippen LogP contribution in [0, 0.1) is 0 Å². The summed E-state index contributed by atoms with van der Waals surface area (Å²) in [6.07, 6.45) is -0.654. The molecule has 8 heteroatoms. The number of piperazine rings is 1. The van der Waals surface area contributed by atoms with E-state index in [4.69, 9.17) is 14.0 Å². The maximum atomic E-state index is 11.7. The van der Waals surface area contributed by atoms with Crippen molar-refractivity contribution in [3.8, 4) is 5.75 Å². The summed E-state index contributed by atoms with van der Waals surface area (Å²) in [4.78, 5) is 15.4. The van der Waals surface area contributed by atoms with Crippen LogP contribution >= 0.6 is 0 Å². The van der Waals surface area contributed by atoms with E-state index in [9.17, 15) is 9.90 Å². The lowest BCUT2D eigenvalue weighted by atomic mass is 9.79. The quantitative estimate of drug-likeness (QED) is 0.714. The van der Waals surface area contributed by atoms with E-state index in [0.29, 0.717) is 25.4 Å². The van der Waals surface area contributed by atoms with Gasteiger partial charge in [-0.3, -0.25) is 9.69 Å². The van der Waals surface area contributed by atoms with Crippen molar-refractivity contribution < 1.29 is 23.9 Å². The summed E-state index contributed by atoms with van der Waals surface area (Å²) in [6.45, 7) is 10.5. The first-order chi connectivity index (χ1) is 13.1. The number of nitrogens with zero attached hydrogens (tertiary/aromatic N) is 2. The van der Waals surface area contributed by atoms with Gasteiger partial charge in [0.25, 0.3) is 0 Å². The molecule has 1 atom stereocenters. The second-order valence-corrected chi connectivity index (χ2v) is 8.67. The molecule has 2 aliphatic heterocycles. The number of ether oxygens (including phenoxy) is 1. The van der Waals surface area contributed by atoms with Gasteiger partial charge in [-0.05, 0) is 45.3 Å². The molecule has 1 aromatic rings. The normalized spacial score (nSPS) is 23.1. The summed E-state index contributed by atoms with van der Waals surface area (Å²) >= 11 is 0. The van der Waals surface area contributed by atoms with E-state index in [1.807, 2.05) is 56.9 Å². The molecule has 0 aliphatic carbocycles. The molecule has 0 spiro atoms. The highest BCUT2D eigenvalue weighted by molar-refractivity contribution is 6.62. The largest absolute Gasteiger partial charge is 0.494 e. The minimum absolute atomic E-state index is 0.0812. The van der Waals surface area contributed by atoms with Crippen LogP contribution in [0.1, 0.15) is 27.7 Å². The number of carbonyl (C=O) groups is 1. The van der Waals surface area contributed by atoms with E-state index in [2.05, 4.69) is 0 Å². The summed E-state index contributed by atoms with van der Waals surface area (Å²) in [5.41, 5.74) is 0.186. The molecular formula is C20H31BN2O5. The number of rotatable bonds is 6. The Balaban J connectivity index is 1.48. The molecule has 0 bridgehead atoms. The third kappa shape index (κ3) is 4.68. The van der Waals surface area contributed by atoms with Crippen molar-refractivity contribution in [1.29, 1.82) is 0 Å². The summed E-state index contributed by atoms with van der Waals surface area (Å²) in [5, 5.41) is 10.2. The molecule has 2 fully saturated rings. The first-order valence-electron chi connectivity index (χ1n) is 9.80. The zero-order chi connectivity index (χ0) is 20.5. The summed E-state index contributed by atoms with van der Waals surface area (Å²) in [6, 6.07) is 7.55. The highest BCUT2D eigenvalue weighted by atomic mass is 16.7. The highest BCUT2D eigenvalue weighted by Crippen LogP contribution is 2.36. The van der Waals surface area contributed by atoms with Gasteiger partial charge >= 0.3 is 7.12 Å². The van der Waals surface area contributed by atoms with Gasteiger partial charge in [0.1, 0.15) is 18.5 Å². The van der Waals surface area contributed by atoms with Crippen LogP contribution in [0.2, 0.25) is 0 Å². The van der Waals surface area contributed by atoms with E-state index in [1.165, 1.54) is 0 Å². The zero-order valence-electron chi connectivity index (χ0n) is 17.5. The Hall–Kier alpha value is -1.61. The third-order valence-electron chi connectivity index (χ3n) is 5.85. The molecule has 1 amide bonds. The van der Waals surface area contributed by atoms with Crippen LogP contribution in [-0.2, 0) is 14.1 Å². The fourth-order valence-electron chi connectivity index (χ4n) is 3.21. The highest BCUT2D eigenvalue weighted by Gasteiger charge is 2.51. The van der Waals surface area contributed by atoms with Crippen molar-refractivity contribution in [3.63, 3.8) is 0 Å². The molecule has 0 radical (unpaired) electrons. The number of aliphatic hydroxyl groups is 1. The van der Waals surface area contributed by atoms with Crippen LogP contribution in [-0.4, -0.2) is 85.1 Å². The van der Waals surface area contributed by atoms with Crippen LogP contribution in [0.25, 0.3) is 0 Å². The van der Waals surface area contributed by atoms with Gasteiger partial charge in [-0.1, -0.05) is 12.1 Å². The average Bonchev–Trinajstić information content (AvgIpc) is 2.84. The average molecular weight is 390 g/mol. The molecule has 3 rings (SSSR count). The second-order valence-electron chi connectivity index (χ2n) is 8.67. The van der Waals surface area contributed by atoms with Crippen LogP contribution in [0.5, 0.6) is 5.75 Å². The van der Waals surface area contributed by atoms with Crippen LogP contribution in [0.4, 0.5) is 0 Å². The van der Waals surface area contributed by atoms with Gasteiger partial charge in [0.05, 0.1) is 17.7 Å². The Morgan fingerprint density at radius 2 is 1.75 bits per heavy atom. The number of β-amino-alcohol motifs (C(OH)–C–C–N with tert-alkyl or cyclic N) is 1. The van der Waals surface area contributed by atoms with Crippen molar-refractivity contribution >= 4 is 18.5 Å². The maximum Gasteiger partial charge on any atom is 0.494 e. The Labute approximate surface area is 167 Å². The van der Waals surface area contributed by atoms with Crippen molar-refractivity contribution in [1.82, 2.24) is 9.80 Å². The fraction of sp³-hybridized carbons (Fsp3) is 0.650. The monoisotopic (exact) mass is 390 g/mol. The molecular weight excluding hydrogens is 359 g/mol. The van der Waals surface area contributed by atoms with Gasteiger partial charge in [-0.25, -0.2) is 0 Å². The topological polar surface area (TPSA) is 71.5 Å². The molecule has 2 saturated heterocycles. The maximum absolute atomic E-state index is 11.7. The van der Waals surface area contributed by atoms with E-state index in [0.717, 1.165) is 12.0 Å². The smallest absolute Gasteiger partial charge is 0.491 e. The molecule has 1 N–H and O–H groups in total. The molecule has 7 nitrogen and oxygen atoms in total. The lowest BCUT2D eigenvalue weighted by Crippen LogP contribution is -2.51. The number of carbonyl (C=O) groups excluding carboxylic acids is 1. The van der Waals surface area contributed by atoms with Gasteiger partial charge in [0.2, 0.25) is 5.91 Å². The Morgan fingerprint density at radius 1 is 1.14 bits per heavy atom. The van der Waals surface area contributed by atoms with Gasteiger partial charge in [0, 0.05) is 26.7 Å². The van der Waals surface area contributed by atoms with Crippen LogP contribution in [0.3, 0.4) is 0 Å². The molecule has 2 aliphatic rings. The van der Waals surface area contributed by atoms with Gasteiger partial charge in [-0.15, -0.1) is 0 Å². The summed E-state index contributed by atoms with van der Waals surface area (Å²) in [7, 11) is 1.39. The molecule has 1 aromatic carbocycles. The van der Waals surface area contributed by atoms with Crippen molar-refractivity contribution in [3.05, 3.63) is 24.3 Å². The Kier molecular flexibility index (Phi) is 6.05. The number of benzene rings is 1. The molecule has 1 unspecified atom stereocenters. The predicted octanol–water partition coefficient (Wildman–Crippen LogP) is 0.500. The Bertz CT molecular complexity index is 678. The standard InChI is InChI=1S/C20H31BN2O5/c1-19(2)20(3,4)28-21(27-19)15-6-8-17(9-7-15)26-14-16(24)12-23-11-10-22(5)18(25)13-23/h6-9,16,24H,10-14H2,1-5H3. The van der Waals surface area contributed by atoms with Crippen molar-refractivity contribution in [2.45, 2.75) is 45.0 Å². The molecule has 0 saturated carbocycles. The zero-order valence-corrected chi connectivity index (χ0v) is 17.5. The molecule has 28 heavy (non-hydrogen) atoms. The first kappa shape index (κ1) is 21.1. The van der Waals surface area contributed by atoms with Crippen LogP contribution < -0.4 is 10.2 Å².